The summed E-state index contributed by atoms with van der Waals surface area (Å²) in [5.74, 6) is -5.17. The van der Waals surface area contributed by atoms with Gasteiger partial charge in [0.2, 0.25) is 0 Å². The summed E-state index contributed by atoms with van der Waals surface area (Å²) in [5.41, 5.74) is 0. The first-order chi connectivity index (χ1) is 4.46. The molecule has 0 N–H and O–H groups in total. The van der Waals surface area contributed by atoms with Crippen LogP contribution in [0.4, 0.5) is 0 Å². The molecule has 0 aliphatic heterocycles. The van der Waals surface area contributed by atoms with Crippen LogP contribution in [-0.2, 0) is 9.59 Å². The average molecular weight is 158 g/mol. The Balaban J connectivity index is -0.000000405. The summed E-state index contributed by atoms with van der Waals surface area (Å²) in [4.78, 5) is 20.1. The number of aliphatic carboxylic acids is 2. The average Bonchev–Trinajstić information content (AvgIpc) is 1.59. The molecular formula is C6H8Li2O4. The molecule has 0 rings (SSSR count). The van der Waals surface area contributed by atoms with Crippen molar-refractivity contribution in [3.8, 4) is 0 Å². The zero-order valence-electron chi connectivity index (χ0n) is 7.79. The molecule has 58 valence electrons. The third kappa shape index (κ3) is 5.74. The topological polar surface area (TPSA) is 80.3 Å². The minimum atomic E-state index is -1.59. The summed E-state index contributed by atoms with van der Waals surface area (Å²) in [6, 6.07) is 0. The first-order valence-corrected chi connectivity index (χ1v) is 2.88. The molecule has 4 nitrogen and oxygen atoms in total. The van der Waals surface area contributed by atoms with Gasteiger partial charge in [0.1, 0.15) is 0 Å². The van der Waals surface area contributed by atoms with E-state index in [1.807, 2.05) is 0 Å². The van der Waals surface area contributed by atoms with Gasteiger partial charge in [-0.25, -0.2) is 0 Å². The molecule has 6 heteroatoms. The van der Waals surface area contributed by atoms with Crippen LogP contribution in [0.3, 0.4) is 0 Å². The molecule has 0 radical (unpaired) electrons. The van der Waals surface area contributed by atoms with E-state index in [-0.39, 0.29) is 37.7 Å². The van der Waals surface area contributed by atoms with Crippen molar-refractivity contribution in [2.45, 2.75) is 13.8 Å². The Morgan fingerprint density at radius 1 is 1.00 bits per heavy atom. The Kier molecular flexibility index (Phi) is 11.7. The summed E-state index contributed by atoms with van der Waals surface area (Å²) < 4.78 is 0. The molecule has 0 bridgehead atoms. The van der Waals surface area contributed by atoms with E-state index in [0.717, 1.165) is 0 Å². The maximum Gasteiger partial charge on any atom is 1.00 e. The fourth-order valence-corrected chi connectivity index (χ4v) is 0.641. The molecule has 0 saturated carbocycles. The number of hydrogen-bond acceptors (Lipinski definition) is 4. The van der Waals surface area contributed by atoms with E-state index < -0.39 is 23.8 Å². The van der Waals surface area contributed by atoms with E-state index in [2.05, 4.69) is 0 Å². The van der Waals surface area contributed by atoms with Crippen LogP contribution >= 0.6 is 0 Å². The maximum atomic E-state index is 10.1. The molecule has 0 aromatic carbocycles. The number of carbonyl (C=O) groups excluding carboxylic acids is 2. The Morgan fingerprint density at radius 2 is 1.25 bits per heavy atom. The summed E-state index contributed by atoms with van der Waals surface area (Å²) >= 11 is 0. The van der Waals surface area contributed by atoms with Gasteiger partial charge in [-0.15, -0.1) is 0 Å². The molecule has 0 aliphatic rings. The Labute approximate surface area is 95.1 Å². The monoisotopic (exact) mass is 158 g/mol. The predicted molar refractivity (Wildman–Crippen MR) is 28.3 cm³/mol. The van der Waals surface area contributed by atoms with E-state index in [0.29, 0.717) is 0 Å². The van der Waals surface area contributed by atoms with Crippen molar-refractivity contribution in [3.05, 3.63) is 0 Å². The predicted octanol–water partition coefficient (Wildman–Crippen LogP) is -8.23. The van der Waals surface area contributed by atoms with Gasteiger partial charge in [0.05, 0.1) is 11.9 Å². The summed E-state index contributed by atoms with van der Waals surface area (Å²) in [6.45, 7) is 2.96. The second-order valence-corrected chi connectivity index (χ2v) is 2.36. The standard InChI is InChI=1S/C6H10O4.2Li/c1-3(2)4(5(7)8)6(9)10;;/h3-4H,1-2H3,(H,7,8)(H,9,10);;/q;2*+1/p-2. The smallest absolute Gasteiger partial charge is 0.549 e. The minimum absolute atomic E-state index is 0. The maximum absolute atomic E-state index is 10.1. The Morgan fingerprint density at radius 3 is 1.25 bits per heavy atom. The second kappa shape index (κ2) is 7.77. The first-order valence-electron chi connectivity index (χ1n) is 2.88. The van der Waals surface area contributed by atoms with Gasteiger partial charge < -0.3 is 19.8 Å². The molecule has 0 spiro atoms. The van der Waals surface area contributed by atoms with E-state index in [1.165, 1.54) is 13.8 Å². The van der Waals surface area contributed by atoms with E-state index >= 15 is 0 Å². The fraction of sp³-hybridized carbons (Fsp3) is 0.667. The van der Waals surface area contributed by atoms with Gasteiger partial charge in [0.25, 0.3) is 0 Å². The van der Waals surface area contributed by atoms with Crippen molar-refractivity contribution in [3.63, 3.8) is 0 Å². The van der Waals surface area contributed by atoms with Gasteiger partial charge in [-0.05, 0) is 5.92 Å². The molecule has 0 aromatic heterocycles. The molecule has 12 heavy (non-hydrogen) atoms. The van der Waals surface area contributed by atoms with Crippen LogP contribution in [0.2, 0.25) is 0 Å². The largest absolute Gasteiger partial charge is 1.00 e. The molecule has 0 saturated heterocycles. The Bertz CT molecular complexity index is 144. The van der Waals surface area contributed by atoms with Crippen molar-refractivity contribution in [1.29, 1.82) is 0 Å². The van der Waals surface area contributed by atoms with Crippen LogP contribution in [0.15, 0.2) is 0 Å². The van der Waals surface area contributed by atoms with Gasteiger partial charge in [-0.3, -0.25) is 0 Å². The van der Waals surface area contributed by atoms with Gasteiger partial charge >= 0.3 is 37.7 Å². The van der Waals surface area contributed by atoms with Gasteiger partial charge in [-0.1, -0.05) is 13.8 Å². The van der Waals surface area contributed by atoms with E-state index in [4.69, 9.17) is 0 Å². The second-order valence-electron chi connectivity index (χ2n) is 2.36. The zero-order chi connectivity index (χ0) is 8.31. The first kappa shape index (κ1) is 18.0. The third-order valence-corrected chi connectivity index (χ3v) is 1.17. The van der Waals surface area contributed by atoms with Crippen molar-refractivity contribution in [1.82, 2.24) is 0 Å². The molecule has 0 unspecified atom stereocenters. The molecule has 0 heterocycles. The SMILES string of the molecule is CC(C)C(C(=O)[O-])C(=O)[O-].[Li+].[Li+]. The minimum Gasteiger partial charge on any atom is -0.549 e. The normalized spacial score (nSPS) is 8.67. The van der Waals surface area contributed by atoms with Crippen molar-refractivity contribution < 1.29 is 57.5 Å². The fourth-order valence-electron chi connectivity index (χ4n) is 0.641. The molecule has 0 amide bonds. The van der Waals surface area contributed by atoms with Crippen LogP contribution in [0, 0.1) is 11.8 Å². The van der Waals surface area contributed by atoms with Gasteiger partial charge in [0.15, 0.2) is 0 Å². The summed E-state index contributed by atoms with van der Waals surface area (Å²) in [6.07, 6.45) is 0. The third-order valence-electron chi connectivity index (χ3n) is 1.17. The number of carboxylic acids is 2. The van der Waals surface area contributed by atoms with E-state index in [9.17, 15) is 19.8 Å². The summed E-state index contributed by atoms with van der Waals surface area (Å²) in [5, 5.41) is 20.1. The molecule has 0 aliphatic carbocycles. The molecule has 0 atom stereocenters. The molecule has 0 aromatic rings. The Hall–Kier alpha value is 0.135. The quantitative estimate of drug-likeness (QED) is 0.301. The van der Waals surface area contributed by atoms with Gasteiger partial charge in [-0.2, -0.15) is 0 Å². The molecule has 0 fully saturated rings. The van der Waals surface area contributed by atoms with Crippen molar-refractivity contribution in [2.75, 3.05) is 0 Å². The molecular weight excluding hydrogens is 150 g/mol. The number of carboxylic acid groups (broad SMARTS) is 2. The van der Waals surface area contributed by atoms with E-state index in [1.54, 1.807) is 0 Å². The van der Waals surface area contributed by atoms with Crippen LogP contribution < -0.4 is 47.9 Å². The summed E-state index contributed by atoms with van der Waals surface area (Å²) in [7, 11) is 0. The number of rotatable bonds is 3. The zero-order valence-corrected chi connectivity index (χ0v) is 7.79. The van der Waals surface area contributed by atoms with Crippen LogP contribution in [0.5, 0.6) is 0 Å². The number of hydrogen-bond donors (Lipinski definition) is 0. The van der Waals surface area contributed by atoms with Crippen molar-refractivity contribution >= 4 is 11.9 Å². The van der Waals surface area contributed by atoms with Crippen molar-refractivity contribution in [2.24, 2.45) is 11.8 Å². The van der Waals surface area contributed by atoms with Crippen LogP contribution in [0.1, 0.15) is 13.8 Å². The van der Waals surface area contributed by atoms with Gasteiger partial charge in [0, 0.05) is 5.92 Å². The van der Waals surface area contributed by atoms with Crippen LogP contribution in [-0.4, -0.2) is 11.9 Å². The number of carbonyl (C=O) groups is 2. The van der Waals surface area contributed by atoms with Crippen LogP contribution in [0.25, 0.3) is 0 Å².